The van der Waals surface area contributed by atoms with Gasteiger partial charge in [-0.1, -0.05) is 0 Å². The van der Waals surface area contributed by atoms with Gasteiger partial charge in [0.1, 0.15) is 0 Å². The van der Waals surface area contributed by atoms with Crippen LogP contribution in [0.5, 0.6) is 0 Å². The van der Waals surface area contributed by atoms with E-state index in [9.17, 15) is 4.79 Å². The minimum atomic E-state index is -0.148. The molecule has 1 saturated heterocycles. The lowest BCUT2D eigenvalue weighted by atomic mass is 10.4. The molecule has 0 spiro atoms. The maximum atomic E-state index is 11.1. The summed E-state index contributed by atoms with van der Waals surface area (Å²) in [4.78, 5) is 15.6. The summed E-state index contributed by atoms with van der Waals surface area (Å²) in [6.45, 7) is 4.41. The van der Waals surface area contributed by atoms with Crippen LogP contribution in [0.25, 0.3) is 0 Å². The molecule has 1 fully saturated rings. The van der Waals surface area contributed by atoms with Gasteiger partial charge in [-0.3, -0.25) is 4.79 Å². The van der Waals surface area contributed by atoms with E-state index in [0.717, 1.165) is 18.8 Å². The van der Waals surface area contributed by atoms with Crippen molar-refractivity contribution >= 4 is 5.69 Å². The molecule has 88 valence electrons. The third-order valence-corrected chi connectivity index (χ3v) is 3.04. The van der Waals surface area contributed by atoms with Gasteiger partial charge in [-0.2, -0.15) is 5.10 Å². The number of nitrogens with zero attached hydrogens (tertiary/aromatic N) is 3. The number of nitrogens with one attached hydrogen (secondary N) is 1. The average Bonchev–Trinajstić information content (AvgIpc) is 2.78. The first-order valence-corrected chi connectivity index (χ1v) is 5.74. The summed E-state index contributed by atoms with van der Waals surface area (Å²) in [7, 11) is 1.99. The fourth-order valence-corrected chi connectivity index (χ4v) is 2.00. The van der Waals surface area contributed by atoms with Gasteiger partial charge in [0, 0.05) is 26.2 Å². The molecule has 1 aromatic heterocycles. The zero-order valence-electron chi connectivity index (χ0n) is 9.65. The fraction of sp³-hybridized carbons (Fsp3) is 0.636. The first kappa shape index (κ1) is 11.1. The number of likely N-dealkylation sites (tertiary alicyclic amines) is 1. The molecule has 0 saturated carbocycles. The van der Waals surface area contributed by atoms with Gasteiger partial charge < -0.3 is 9.80 Å². The van der Waals surface area contributed by atoms with Gasteiger partial charge in [-0.05, 0) is 25.9 Å². The smallest absolute Gasteiger partial charge is 0.266 e. The molecule has 16 heavy (non-hydrogen) atoms. The van der Waals surface area contributed by atoms with Crippen LogP contribution in [0.2, 0.25) is 0 Å². The van der Waals surface area contributed by atoms with E-state index in [-0.39, 0.29) is 5.56 Å². The highest BCUT2D eigenvalue weighted by atomic mass is 16.1. The van der Waals surface area contributed by atoms with Crippen molar-refractivity contribution in [3.63, 3.8) is 0 Å². The van der Waals surface area contributed by atoms with Crippen molar-refractivity contribution in [3.8, 4) is 0 Å². The molecule has 0 aliphatic carbocycles. The van der Waals surface area contributed by atoms with E-state index in [1.807, 2.05) is 7.05 Å². The van der Waals surface area contributed by atoms with E-state index < -0.39 is 0 Å². The van der Waals surface area contributed by atoms with Crippen molar-refractivity contribution in [1.82, 2.24) is 15.1 Å². The van der Waals surface area contributed by atoms with Crippen molar-refractivity contribution < 1.29 is 0 Å². The van der Waals surface area contributed by atoms with Gasteiger partial charge in [-0.15, -0.1) is 0 Å². The zero-order chi connectivity index (χ0) is 11.4. The van der Waals surface area contributed by atoms with Crippen LogP contribution in [0, 0.1) is 0 Å². The molecule has 1 N–H and O–H groups in total. The Balaban J connectivity index is 1.87. The third-order valence-electron chi connectivity index (χ3n) is 3.04. The molecule has 0 atom stereocenters. The van der Waals surface area contributed by atoms with Crippen LogP contribution >= 0.6 is 0 Å². The minimum Gasteiger partial charge on any atom is -0.372 e. The Morgan fingerprint density at radius 1 is 1.50 bits per heavy atom. The predicted octanol–water partition coefficient (Wildman–Crippen LogP) is 0.302. The largest absolute Gasteiger partial charge is 0.372 e. The number of anilines is 1. The Bertz CT molecular complexity index is 384. The lowest BCUT2D eigenvalue weighted by molar-refractivity contribution is 0.346. The van der Waals surface area contributed by atoms with E-state index in [2.05, 4.69) is 20.0 Å². The molecule has 0 unspecified atom stereocenters. The fourth-order valence-electron chi connectivity index (χ4n) is 2.00. The number of H-pyrrole nitrogens is 1. The second kappa shape index (κ2) is 5.12. The average molecular weight is 222 g/mol. The van der Waals surface area contributed by atoms with E-state index >= 15 is 0 Å². The lowest BCUT2D eigenvalue weighted by Gasteiger charge is -2.22. The summed E-state index contributed by atoms with van der Waals surface area (Å²) >= 11 is 0. The van der Waals surface area contributed by atoms with E-state index in [4.69, 9.17) is 0 Å². The maximum absolute atomic E-state index is 11.1. The van der Waals surface area contributed by atoms with Crippen LogP contribution < -0.4 is 10.5 Å². The Hall–Kier alpha value is -1.36. The van der Waals surface area contributed by atoms with Gasteiger partial charge in [0.05, 0.1) is 11.9 Å². The van der Waals surface area contributed by atoms with Crippen LogP contribution in [0.15, 0.2) is 17.1 Å². The summed E-state index contributed by atoms with van der Waals surface area (Å²) in [5.74, 6) is 0. The zero-order valence-corrected chi connectivity index (χ0v) is 9.65. The van der Waals surface area contributed by atoms with Crippen molar-refractivity contribution in [2.45, 2.75) is 12.8 Å². The normalized spacial score (nSPS) is 16.6. The molecule has 1 aromatic rings. The van der Waals surface area contributed by atoms with E-state index in [0.29, 0.717) is 0 Å². The highest BCUT2D eigenvalue weighted by Gasteiger charge is 2.12. The second-order valence-corrected chi connectivity index (χ2v) is 4.27. The molecular formula is C11H18N4O. The van der Waals surface area contributed by atoms with Crippen molar-refractivity contribution in [3.05, 3.63) is 22.6 Å². The first-order chi connectivity index (χ1) is 7.75. The van der Waals surface area contributed by atoms with Gasteiger partial charge in [0.25, 0.3) is 5.56 Å². The van der Waals surface area contributed by atoms with Crippen LogP contribution in [-0.4, -0.2) is 48.3 Å². The van der Waals surface area contributed by atoms with Crippen LogP contribution in [-0.2, 0) is 0 Å². The Morgan fingerprint density at radius 3 is 2.94 bits per heavy atom. The summed E-state index contributed by atoms with van der Waals surface area (Å²) < 4.78 is 0. The predicted molar refractivity (Wildman–Crippen MR) is 63.8 cm³/mol. The summed E-state index contributed by atoms with van der Waals surface area (Å²) in [6.07, 6.45) is 4.32. The molecule has 0 radical (unpaired) electrons. The molecule has 5 nitrogen and oxygen atoms in total. The monoisotopic (exact) mass is 222 g/mol. The molecule has 0 amide bonds. The van der Waals surface area contributed by atoms with E-state index in [1.54, 1.807) is 12.3 Å². The number of hydrogen-bond acceptors (Lipinski definition) is 4. The number of aromatic nitrogens is 2. The van der Waals surface area contributed by atoms with Gasteiger partial charge in [-0.25, -0.2) is 5.10 Å². The molecule has 0 aromatic carbocycles. The van der Waals surface area contributed by atoms with Gasteiger partial charge >= 0.3 is 0 Å². The quantitative estimate of drug-likeness (QED) is 0.796. The van der Waals surface area contributed by atoms with Crippen LogP contribution in [0.1, 0.15) is 12.8 Å². The van der Waals surface area contributed by atoms with E-state index in [1.165, 1.54) is 25.9 Å². The second-order valence-electron chi connectivity index (χ2n) is 4.27. The molecule has 5 heteroatoms. The number of aromatic amines is 1. The SMILES string of the molecule is CN(CCN1CCCC1)c1cn[nH]c(=O)c1. The topological polar surface area (TPSA) is 52.2 Å². The molecular weight excluding hydrogens is 204 g/mol. The number of likely N-dealkylation sites (N-methyl/N-ethyl adjacent to an activating group) is 1. The number of rotatable bonds is 4. The summed E-state index contributed by atoms with van der Waals surface area (Å²) in [5, 5.41) is 6.17. The van der Waals surface area contributed by atoms with Gasteiger partial charge in [0.15, 0.2) is 0 Å². The van der Waals surface area contributed by atoms with Crippen molar-refractivity contribution in [2.24, 2.45) is 0 Å². The van der Waals surface area contributed by atoms with Gasteiger partial charge in [0.2, 0.25) is 0 Å². The molecule has 1 aliphatic rings. The Morgan fingerprint density at radius 2 is 2.25 bits per heavy atom. The molecule has 0 bridgehead atoms. The highest BCUT2D eigenvalue weighted by Crippen LogP contribution is 2.09. The molecule has 2 heterocycles. The first-order valence-electron chi connectivity index (χ1n) is 5.74. The van der Waals surface area contributed by atoms with Crippen LogP contribution in [0.4, 0.5) is 5.69 Å². The summed E-state index contributed by atoms with van der Waals surface area (Å²) in [6, 6.07) is 1.58. The summed E-state index contributed by atoms with van der Waals surface area (Å²) in [5.41, 5.74) is 0.730. The minimum absolute atomic E-state index is 0.148. The highest BCUT2D eigenvalue weighted by molar-refractivity contribution is 5.41. The standard InChI is InChI=1S/C11H18N4O/c1-14(6-7-15-4-2-3-5-15)10-8-11(16)13-12-9-10/h8-9H,2-7H2,1H3,(H,13,16). The number of hydrogen-bond donors (Lipinski definition) is 1. The third kappa shape index (κ3) is 2.82. The molecule has 2 rings (SSSR count). The van der Waals surface area contributed by atoms with Crippen LogP contribution in [0.3, 0.4) is 0 Å². The maximum Gasteiger partial charge on any atom is 0.266 e. The Kier molecular flexibility index (Phi) is 3.56. The lowest BCUT2D eigenvalue weighted by Crippen LogP contribution is -2.31. The Labute approximate surface area is 95.1 Å². The van der Waals surface area contributed by atoms with Crippen molar-refractivity contribution in [1.29, 1.82) is 0 Å². The molecule has 1 aliphatic heterocycles. The van der Waals surface area contributed by atoms with Crippen molar-refractivity contribution in [2.75, 3.05) is 38.1 Å².